The minimum atomic E-state index is 0.376. The van der Waals surface area contributed by atoms with Crippen LogP contribution >= 0.6 is 0 Å². The van der Waals surface area contributed by atoms with Crippen molar-refractivity contribution >= 4 is 24.3 Å². The van der Waals surface area contributed by atoms with Gasteiger partial charge in [-0.2, -0.15) is 5.10 Å². The lowest BCUT2D eigenvalue weighted by Gasteiger charge is -2.03. The topological polar surface area (TPSA) is 46.5 Å². The minimum Gasteiger partial charge on any atom is -0.346 e. The van der Waals surface area contributed by atoms with Gasteiger partial charge < -0.3 is 4.98 Å². The van der Waals surface area contributed by atoms with Crippen molar-refractivity contribution in [3.8, 4) is 11.3 Å². The van der Waals surface area contributed by atoms with Crippen LogP contribution in [0.4, 0.5) is 0 Å². The molecule has 5 heteroatoms. The number of hydrogen-bond donors (Lipinski definition) is 1. The molecule has 3 aromatic rings. The number of nitrogens with one attached hydrogen (secondary N) is 1. The van der Waals surface area contributed by atoms with Gasteiger partial charge >= 0.3 is 0 Å². The Balaban J connectivity index is 2.13. The molecule has 0 aliphatic rings. The third-order valence-electron chi connectivity index (χ3n) is 3.12. The Kier molecular flexibility index (Phi) is 2.47. The smallest absolute Gasteiger partial charge is 0.144 e. The first-order valence-electron chi connectivity index (χ1n) is 6.14. The van der Waals surface area contributed by atoms with Crippen molar-refractivity contribution in [2.45, 2.75) is 19.9 Å². The van der Waals surface area contributed by atoms with Crippen LogP contribution in [0.3, 0.4) is 0 Å². The van der Waals surface area contributed by atoms with E-state index in [1.807, 2.05) is 23.1 Å². The van der Waals surface area contributed by atoms with Gasteiger partial charge in [-0.25, -0.2) is 4.98 Å². The molecule has 0 radical (unpaired) electrons. The van der Waals surface area contributed by atoms with Gasteiger partial charge in [-0.3, -0.25) is 4.68 Å². The highest BCUT2D eigenvalue weighted by molar-refractivity contribution is 6.35. The number of nitrogens with zero attached hydrogens (tertiary/aromatic N) is 3. The molecular weight excluding hydrogens is 223 g/mol. The van der Waals surface area contributed by atoms with Crippen molar-refractivity contribution in [1.82, 2.24) is 19.7 Å². The van der Waals surface area contributed by atoms with E-state index >= 15 is 0 Å². The van der Waals surface area contributed by atoms with Crippen LogP contribution in [0.5, 0.6) is 0 Å². The van der Waals surface area contributed by atoms with Crippen LogP contribution in [0.2, 0.25) is 0 Å². The van der Waals surface area contributed by atoms with E-state index < -0.39 is 0 Å². The Labute approximate surface area is 106 Å². The lowest BCUT2D eigenvalue weighted by atomic mass is 9.94. The predicted molar refractivity (Wildman–Crippen MR) is 75.9 cm³/mol. The molecule has 4 nitrogen and oxygen atoms in total. The highest BCUT2D eigenvalue weighted by Gasteiger charge is 2.10. The van der Waals surface area contributed by atoms with Crippen molar-refractivity contribution in [3.05, 3.63) is 30.7 Å². The first-order valence-corrected chi connectivity index (χ1v) is 6.14. The zero-order chi connectivity index (χ0) is 12.7. The van der Waals surface area contributed by atoms with Gasteiger partial charge in [0.15, 0.2) is 0 Å². The van der Waals surface area contributed by atoms with E-state index in [1.54, 1.807) is 0 Å². The fourth-order valence-corrected chi connectivity index (χ4v) is 2.10. The summed E-state index contributed by atoms with van der Waals surface area (Å²) in [6.07, 6.45) is 5.86. The molecular formula is C13H15BN4. The van der Waals surface area contributed by atoms with Gasteiger partial charge in [0.1, 0.15) is 13.5 Å². The van der Waals surface area contributed by atoms with E-state index in [-0.39, 0.29) is 0 Å². The van der Waals surface area contributed by atoms with Crippen LogP contribution in [-0.2, 0) is 0 Å². The molecule has 0 spiro atoms. The zero-order valence-electron chi connectivity index (χ0n) is 10.8. The van der Waals surface area contributed by atoms with Crippen molar-refractivity contribution in [3.63, 3.8) is 0 Å². The van der Waals surface area contributed by atoms with Gasteiger partial charge in [-0.05, 0) is 31.4 Å². The number of pyridine rings is 1. The van der Waals surface area contributed by atoms with Crippen LogP contribution in [0.25, 0.3) is 22.3 Å². The molecule has 0 aliphatic heterocycles. The fraction of sp³-hybridized carbons (Fsp3) is 0.231. The van der Waals surface area contributed by atoms with E-state index in [2.05, 4.69) is 49.0 Å². The zero-order valence-corrected chi connectivity index (χ0v) is 10.8. The maximum absolute atomic E-state index is 4.64. The summed E-state index contributed by atoms with van der Waals surface area (Å²) in [5, 5.41) is 5.75. The molecule has 3 aromatic heterocycles. The molecule has 0 bridgehead atoms. The SMILES string of the molecule is Bc1cn(C(C)C)nc1-c1cnc2[nH]ccc2c1. The lowest BCUT2D eigenvalue weighted by molar-refractivity contribution is 0.534. The Morgan fingerprint density at radius 3 is 2.94 bits per heavy atom. The molecule has 0 unspecified atom stereocenters. The van der Waals surface area contributed by atoms with Crippen LogP contribution in [0.15, 0.2) is 30.7 Å². The molecule has 0 fully saturated rings. The maximum Gasteiger partial charge on any atom is 0.144 e. The van der Waals surface area contributed by atoms with Crippen LogP contribution in [0, 0.1) is 0 Å². The quantitative estimate of drug-likeness (QED) is 0.683. The maximum atomic E-state index is 4.64. The average Bonchev–Trinajstić information content (AvgIpc) is 2.93. The number of aromatic amines is 1. The second-order valence-corrected chi connectivity index (χ2v) is 4.87. The minimum absolute atomic E-state index is 0.376. The molecule has 0 atom stereocenters. The van der Waals surface area contributed by atoms with Crippen LogP contribution < -0.4 is 5.46 Å². The molecule has 18 heavy (non-hydrogen) atoms. The summed E-state index contributed by atoms with van der Waals surface area (Å²) in [5.74, 6) is 0. The van der Waals surface area contributed by atoms with Crippen molar-refractivity contribution in [1.29, 1.82) is 0 Å². The van der Waals surface area contributed by atoms with E-state index in [1.165, 1.54) is 5.46 Å². The summed E-state index contributed by atoms with van der Waals surface area (Å²) < 4.78 is 1.99. The Hall–Kier alpha value is -2.04. The van der Waals surface area contributed by atoms with Gasteiger partial charge in [-0.1, -0.05) is 0 Å². The molecule has 3 rings (SSSR count). The predicted octanol–water partition coefficient (Wildman–Crippen LogP) is 1.27. The second-order valence-electron chi connectivity index (χ2n) is 4.87. The molecule has 0 saturated heterocycles. The summed E-state index contributed by atoms with van der Waals surface area (Å²) in [7, 11) is 2.09. The monoisotopic (exact) mass is 238 g/mol. The van der Waals surface area contributed by atoms with Crippen LogP contribution in [-0.4, -0.2) is 27.6 Å². The Morgan fingerprint density at radius 2 is 2.22 bits per heavy atom. The number of rotatable bonds is 2. The highest BCUT2D eigenvalue weighted by Crippen LogP contribution is 2.19. The van der Waals surface area contributed by atoms with Crippen LogP contribution in [0.1, 0.15) is 19.9 Å². The van der Waals surface area contributed by atoms with Gasteiger partial charge in [-0.15, -0.1) is 0 Å². The van der Waals surface area contributed by atoms with Gasteiger partial charge in [0.05, 0.1) is 5.69 Å². The fourth-order valence-electron chi connectivity index (χ4n) is 2.10. The summed E-state index contributed by atoms with van der Waals surface area (Å²) >= 11 is 0. The summed E-state index contributed by atoms with van der Waals surface area (Å²) in [6, 6.07) is 4.53. The largest absolute Gasteiger partial charge is 0.346 e. The third kappa shape index (κ3) is 1.72. The molecule has 0 saturated carbocycles. The molecule has 0 amide bonds. The summed E-state index contributed by atoms with van der Waals surface area (Å²) in [5.41, 5.74) is 4.18. The Morgan fingerprint density at radius 1 is 1.39 bits per heavy atom. The number of H-pyrrole nitrogens is 1. The van der Waals surface area contributed by atoms with E-state index in [9.17, 15) is 0 Å². The highest BCUT2D eigenvalue weighted by atomic mass is 15.3. The molecule has 1 N–H and O–H groups in total. The molecule has 90 valence electrons. The van der Waals surface area contributed by atoms with Crippen molar-refractivity contribution in [2.75, 3.05) is 0 Å². The first kappa shape index (κ1) is 11.1. The van der Waals surface area contributed by atoms with E-state index in [4.69, 9.17) is 0 Å². The van der Waals surface area contributed by atoms with Gasteiger partial charge in [0, 0.05) is 35.6 Å². The average molecular weight is 238 g/mol. The normalized spacial score (nSPS) is 11.5. The molecule has 3 heterocycles. The molecule has 0 aromatic carbocycles. The second kappa shape index (κ2) is 4.01. The standard InChI is InChI=1S/C13H15BN4/c1-8(2)18-7-11(14)12(17-18)10-5-9-3-4-15-13(9)16-6-10/h3-8H,14H2,1-2H3,(H,15,16). The lowest BCUT2D eigenvalue weighted by Crippen LogP contribution is -2.03. The van der Waals surface area contributed by atoms with E-state index in [0.29, 0.717) is 6.04 Å². The third-order valence-corrected chi connectivity index (χ3v) is 3.12. The van der Waals surface area contributed by atoms with Crippen molar-refractivity contribution < 1.29 is 0 Å². The van der Waals surface area contributed by atoms with E-state index in [0.717, 1.165) is 22.3 Å². The van der Waals surface area contributed by atoms with Gasteiger partial charge in [0.2, 0.25) is 0 Å². The van der Waals surface area contributed by atoms with Crippen molar-refractivity contribution in [2.24, 2.45) is 0 Å². The summed E-state index contributed by atoms with van der Waals surface area (Å²) in [6.45, 7) is 4.26. The Bertz CT molecular complexity index is 696. The first-order chi connectivity index (χ1) is 8.65. The number of fused-ring (bicyclic) bond motifs is 1. The number of hydrogen-bond acceptors (Lipinski definition) is 2. The number of aromatic nitrogens is 4. The van der Waals surface area contributed by atoms with Gasteiger partial charge in [0.25, 0.3) is 0 Å². The summed E-state index contributed by atoms with van der Waals surface area (Å²) in [4.78, 5) is 7.51. The molecule has 0 aliphatic carbocycles.